The van der Waals surface area contributed by atoms with E-state index < -0.39 is 23.4 Å². The number of anilines is 2. The molecule has 0 fully saturated rings. The molecule has 0 bridgehead atoms. The summed E-state index contributed by atoms with van der Waals surface area (Å²) in [5.41, 5.74) is 0.484. The molecule has 0 spiro atoms. The first kappa shape index (κ1) is 29.2. The summed E-state index contributed by atoms with van der Waals surface area (Å²) in [6, 6.07) is 14.5. The lowest BCUT2D eigenvalue weighted by molar-refractivity contribution is -0.128. The molecule has 3 aromatic rings. The molecule has 0 aliphatic carbocycles. The number of amides is 3. The molecule has 0 saturated carbocycles. The molecule has 0 radical (unpaired) electrons. The van der Waals surface area contributed by atoms with Crippen molar-refractivity contribution in [3.05, 3.63) is 65.9 Å². The van der Waals surface area contributed by atoms with Gasteiger partial charge >= 0.3 is 0 Å². The highest BCUT2D eigenvalue weighted by molar-refractivity contribution is 6.03. The number of benzene rings is 2. The summed E-state index contributed by atoms with van der Waals surface area (Å²) >= 11 is 0. The Morgan fingerprint density at radius 1 is 1.03 bits per heavy atom. The van der Waals surface area contributed by atoms with Gasteiger partial charge in [-0.05, 0) is 64.4 Å². The van der Waals surface area contributed by atoms with E-state index in [1.165, 1.54) is 4.90 Å². The fourth-order valence-electron chi connectivity index (χ4n) is 3.94. The van der Waals surface area contributed by atoms with Gasteiger partial charge in [0, 0.05) is 36.2 Å². The monoisotopic (exact) mass is 536 g/mol. The number of carbonyl (C=O) groups excluding carboxylic acids is 3. The van der Waals surface area contributed by atoms with Crippen molar-refractivity contribution >= 4 is 29.2 Å². The highest BCUT2D eigenvalue weighted by Gasteiger charge is 2.34. The molecule has 0 saturated heterocycles. The van der Waals surface area contributed by atoms with Crippen molar-refractivity contribution in [1.29, 1.82) is 0 Å². The van der Waals surface area contributed by atoms with Crippen LogP contribution in [0.15, 0.2) is 59.1 Å². The fraction of sp³-hybridized carbons (Fsp3) is 0.379. The van der Waals surface area contributed by atoms with Crippen LogP contribution in [0.3, 0.4) is 0 Å². The van der Waals surface area contributed by atoms with Gasteiger partial charge in [-0.1, -0.05) is 23.4 Å². The molecule has 0 unspecified atom stereocenters. The van der Waals surface area contributed by atoms with Gasteiger partial charge in [0.2, 0.25) is 17.7 Å². The number of nitrogens with zero attached hydrogens (tertiary/aromatic N) is 2. The van der Waals surface area contributed by atoms with E-state index in [4.69, 9.17) is 14.0 Å². The smallest absolute Gasteiger partial charge is 0.248 e. The van der Waals surface area contributed by atoms with Crippen molar-refractivity contribution in [2.45, 2.75) is 59.0 Å². The second-order valence-electron chi connectivity index (χ2n) is 9.98. The van der Waals surface area contributed by atoms with Gasteiger partial charge in [0.1, 0.15) is 23.3 Å². The Kier molecular flexibility index (Phi) is 9.70. The fourth-order valence-corrected chi connectivity index (χ4v) is 3.94. The number of rotatable bonds is 11. The zero-order valence-corrected chi connectivity index (χ0v) is 23.2. The third-order valence-corrected chi connectivity index (χ3v) is 5.57. The van der Waals surface area contributed by atoms with Crippen molar-refractivity contribution in [1.82, 2.24) is 10.5 Å². The van der Waals surface area contributed by atoms with E-state index in [9.17, 15) is 14.4 Å². The summed E-state index contributed by atoms with van der Waals surface area (Å²) in [6.45, 7) is 9.62. The number of carbonyl (C=O) groups is 3. The van der Waals surface area contributed by atoms with Crippen molar-refractivity contribution < 1.29 is 28.4 Å². The largest absolute Gasteiger partial charge is 0.497 e. The zero-order valence-electron chi connectivity index (χ0n) is 23.2. The molecule has 10 heteroatoms. The average molecular weight is 537 g/mol. The van der Waals surface area contributed by atoms with E-state index in [1.54, 1.807) is 68.6 Å². The Morgan fingerprint density at radius 2 is 1.74 bits per heavy atom. The lowest BCUT2D eigenvalue weighted by Crippen LogP contribution is -2.49. The molecule has 3 amide bonds. The molecule has 10 nitrogen and oxygen atoms in total. The molecular weight excluding hydrogens is 500 g/mol. The van der Waals surface area contributed by atoms with Gasteiger partial charge in [0.05, 0.1) is 13.7 Å². The van der Waals surface area contributed by atoms with Crippen molar-refractivity contribution in [3.8, 4) is 11.5 Å². The van der Waals surface area contributed by atoms with Gasteiger partial charge < -0.3 is 24.6 Å². The van der Waals surface area contributed by atoms with Crippen LogP contribution in [0.4, 0.5) is 11.5 Å². The van der Waals surface area contributed by atoms with Crippen molar-refractivity contribution in [2.75, 3.05) is 23.9 Å². The van der Waals surface area contributed by atoms with E-state index in [1.807, 2.05) is 27.7 Å². The highest BCUT2D eigenvalue weighted by atomic mass is 16.5. The minimum Gasteiger partial charge on any atom is -0.497 e. The predicted octanol–water partition coefficient (Wildman–Crippen LogP) is 4.80. The first-order valence-electron chi connectivity index (χ1n) is 12.7. The summed E-state index contributed by atoms with van der Waals surface area (Å²) < 4.78 is 15.9. The average Bonchev–Trinajstić information content (AvgIpc) is 3.29. The van der Waals surface area contributed by atoms with Crippen LogP contribution < -0.4 is 25.0 Å². The zero-order chi connectivity index (χ0) is 28.6. The van der Waals surface area contributed by atoms with Gasteiger partial charge in [-0.15, -0.1) is 0 Å². The molecule has 1 atom stereocenters. The van der Waals surface area contributed by atoms with Crippen LogP contribution in [0, 0.1) is 6.92 Å². The van der Waals surface area contributed by atoms with Crippen LogP contribution in [0.25, 0.3) is 0 Å². The Morgan fingerprint density at radius 3 is 2.33 bits per heavy atom. The molecule has 1 heterocycles. The van der Waals surface area contributed by atoms with Crippen LogP contribution >= 0.6 is 0 Å². The Hall–Kier alpha value is -4.34. The van der Waals surface area contributed by atoms with Crippen LogP contribution in [-0.2, 0) is 14.4 Å². The number of ether oxygens (including phenoxy) is 2. The lowest BCUT2D eigenvalue weighted by Gasteiger charge is -2.34. The number of hydrogen-bond donors (Lipinski definition) is 2. The lowest BCUT2D eigenvalue weighted by atomic mass is 10.00. The van der Waals surface area contributed by atoms with E-state index in [0.29, 0.717) is 35.1 Å². The van der Waals surface area contributed by atoms with E-state index in [0.717, 1.165) is 0 Å². The Balaban J connectivity index is 1.99. The van der Waals surface area contributed by atoms with E-state index in [-0.39, 0.29) is 24.6 Å². The summed E-state index contributed by atoms with van der Waals surface area (Å²) in [5, 5.41) is 9.37. The third kappa shape index (κ3) is 8.33. The first-order chi connectivity index (χ1) is 18.5. The molecule has 2 aromatic carbocycles. The van der Waals surface area contributed by atoms with Crippen LogP contribution in [0.2, 0.25) is 0 Å². The maximum absolute atomic E-state index is 13.8. The number of nitrogens with one attached hydrogen (secondary N) is 2. The number of methoxy groups -OCH3 is 1. The van der Waals surface area contributed by atoms with Gasteiger partial charge in [-0.25, -0.2) is 0 Å². The maximum atomic E-state index is 13.8. The Bertz CT molecular complexity index is 1280. The van der Waals surface area contributed by atoms with Crippen LogP contribution in [0.1, 0.15) is 57.9 Å². The number of aryl methyl sites for hydroxylation is 1. The Labute approximate surface area is 228 Å². The summed E-state index contributed by atoms with van der Waals surface area (Å²) in [6.07, 6.45) is -0.278. The molecule has 1 aromatic heterocycles. The van der Waals surface area contributed by atoms with E-state index >= 15 is 0 Å². The minimum atomic E-state index is -1.03. The molecule has 0 aliphatic heterocycles. The SMILES string of the molecule is CCOc1cccc(N(C(=O)CCC(=O)Nc2cc(C)on2)[C@@H](C(=O)NC(C)(C)C)c2ccc(OC)cc2)c1. The van der Waals surface area contributed by atoms with Gasteiger partial charge in [0.25, 0.3) is 0 Å². The second kappa shape index (κ2) is 12.9. The number of hydrogen-bond acceptors (Lipinski definition) is 7. The minimum absolute atomic E-state index is 0.122. The van der Waals surface area contributed by atoms with E-state index in [2.05, 4.69) is 15.8 Å². The first-order valence-corrected chi connectivity index (χ1v) is 12.7. The topological polar surface area (TPSA) is 123 Å². The number of aromatic nitrogens is 1. The quantitative estimate of drug-likeness (QED) is 0.361. The van der Waals surface area contributed by atoms with Crippen molar-refractivity contribution in [3.63, 3.8) is 0 Å². The summed E-state index contributed by atoms with van der Waals surface area (Å²) in [7, 11) is 1.55. The normalized spacial score (nSPS) is 11.8. The van der Waals surface area contributed by atoms with Gasteiger partial charge in [0.15, 0.2) is 5.82 Å². The highest BCUT2D eigenvalue weighted by Crippen LogP contribution is 2.32. The third-order valence-electron chi connectivity index (χ3n) is 5.57. The summed E-state index contributed by atoms with van der Waals surface area (Å²) in [5.74, 6) is 0.798. The molecule has 39 heavy (non-hydrogen) atoms. The molecule has 208 valence electrons. The van der Waals surface area contributed by atoms with Crippen LogP contribution in [0.5, 0.6) is 11.5 Å². The van der Waals surface area contributed by atoms with Crippen LogP contribution in [-0.4, -0.2) is 42.1 Å². The second-order valence-corrected chi connectivity index (χ2v) is 9.98. The maximum Gasteiger partial charge on any atom is 0.248 e. The van der Waals surface area contributed by atoms with Gasteiger partial charge in [-0.2, -0.15) is 0 Å². The summed E-state index contributed by atoms with van der Waals surface area (Å²) in [4.78, 5) is 41.6. The molecular formula is C29H36N4O6. The van der Waals surface area contributed by atoms with Crippen molar-refractivity contribution in [2.24, 2.45) is 0 Å². The van der Waals surface area contributed by atoms with Gasteiger partial charge in [-0.3, -0.25) is 19.3 Å². The molecule has 2 N–H and O–H groups in total. The predicted molar refractivity (Wildman–Crippen MR) is 148 cm³/mol. The standard InChI is InChI=1S/C29H36N4O6/c1-7-38-23-10-8-9-21(18-23)33(26(35)16-15-25(34)30-24-17-19(2)39-32-24)27(28(36)31-29(3,4)5)20-11-13-22(37-6)14-12-20/h8-14,17-18,27H,7,15-16H2,1-6H3,(H,31,36)(H,30,32,34)/t27-/m1/s1. The molecule has 3 rings (SSSR count). The molecule has 0 aliphatic rings.